The molecule has 2 N–H and O–H groups in total. The number of carbonyl (C=O) groups excluding carboxylic acids is 2. The van der Waals surface area contributed by atoms with Gasteiger partial charge >= 0.3 is 0 Å². The van der Waals surface area contributed by atoms with Crippen molar-refractivity contribution >= 4 is 11.8 Å². The van der Waals surface area contributed by atoms with Crippen LogP contribution >= 0.6 is 0 Å². The van der Waals surface area contributed by atoms with Gasteiger partial charge in [-0.05, 0) is 62.7 Å². The van der Waals surface area contributed by atoms with E-state index in [9.17, 15) is 23.6 Å². The summed E-state index contributed by atoms with van der Waals surface area (Å²) in [6.07, 6.45) is 6.71. The van der Waals surface area contributed by atoms with E-state index in [0.717, 1.165) is 44.9 Å². The van der Waals surface area contributed by atoms with Crippen LogP contribution in [0.5, 0.6) is 0 Å². The van der Waals surface area contributed by atoms with Crippen LogP contribution in [0.4, 0.5) is 8.78 Å². The predicted molar refractivity (Wildman–Crippen MR) is 113 cm³/mol. The molecule has 176 valence electrons. The average molecular weight is 450 g/mol. The molecule has 0 aromatic carbocycles. The first-order valence-corrected chi connectivity index (χ1v) is 12.1. The molecule has 4 saturated carbocycles. The van der Waals surface area contributed by atoms with Gasteiger partial charge < -0.3 is 20.4 Å². The minimum atomic E-state index is -2.75. The Morgan fingerprint density at radius 1 is 1.06 bits per heavy atom. The number of hydrogen-bond donors (Lipinski definition) is 2. The molecule has 0 aromatic heterocycles. The van der Waals surface area contributed by atoms with E-state index in [-0.39, 0.29) is 55.5 Å². The standard InChI is InChI=1S/C23H33F2N5O2/c24-23(25)3-5-29(14-23)19(31)12-27-21-16-6-15-7-17(21)10-22(8-15,9-16)28-13-20(32)30-4-1-2-18(30)11-26/h15-18,21,27-28H,1-10,12-14H2. The largest absolute Gasteiger partial charge is 0.335 e. The zero-order valence-electron chi connectivity index (χ0n) is 18.5. The van der Waals surface area contributed by atoms with Gasteiger partial charge in [-0.1, -0.05) is 0 Å². The molecule has 7 nitrogen and oxygen atoms in total. The lowest BCUT2D eigenvalue weighted by molar-refractivity contribution is -0.133. The number of hydrogen-bond acceptors (Lipinski definition) is 5. The van der Waals surface area contributed by atoms with Crippen molar-refractivity contribution < 1.29 is 18.4 Å². The molecule has 2 aliphatic heterocycles. The highest BCUT2D eigenvalue weighted by atomic mass is 19.3. The fraction of sp³-hybridized carbons (Fsp3) is 0.870. The van der Waals surface area contributed by atoms with E-state index in [0.29, 0.717) is 24.3 Å². The predicted octanol–water partition coefficient (Wildman–Crippen LogP) is 1.50. The van der Waals surface area contributed by atoms with Gasteiger partial charge in [-0.2, -0.15) is 5.26 Å². The number of nitrogens with one attached hydrogen (secondary N) is 2. The van der Waals surface area contributed by atoms with Crippen molar-refractivity contribution in [3.05, 3.63) is 0 Å². The molecule has 2 saturated heterocycles. The zero-order valence-corrected chi connectivity index (χ0v) is 18.5. The highest BCUT2D eigenvalue weighted by Gasteiger charge is 2.55. The quantitative estimate of drug-likeness (QED) is 0.642. The Balaban J connectivity index is 1.15. The third kappa shape index (κ3) is 4.12. The number of nitriles is 1. The van der Waals surface area contributed by atoms with Crippen LogP contribution in [0.1, 0.15) is 51.4 Å². The Hall–Kier alpha value is -1.79. The van der Waals surface area contributed by atoms with Crippen molar-refractivity contribution in [2.45, 2.75) is 74.9 Å². The van der Waals surface area contributed by atoms with Crippen LogP contribution in [0.15, 0.2) is 0 Å². The van der Waals surface area contributed by atoms with Gasteiger partial charge in [0.15, 0.2) is 0 Å². The SMILES string of the molecule is N#CC1CCCN1C(=O)CNC12CC3CC(C1)C(NCC(=O)N1CCC(F)(F)C1)C(C3)C2. The maximum atomic E-state index is 13.4. The minimum absolute atomic E-state index is 0.0208. The lowest BCUT2D eigenvalue weighted by atomic mass is 9.51. The Morgan fingerprint density at radius 3 is 2.47 bits per heavy atom. The van der Waals surface area contributed by atoms with Crippen molar-refractivity contribution in [3.63, 3.8) is 0 Å². The molecule has 2 heterocycles. The first-order valence-electron chi connectivity index (χ1n) is 12.1. The van der Waals surface area contributed by atoms with E-state index in [1.807, 2.05) is 0 Å². The minimum Gasteiger partial charge on any atom is -0.335 e. The van der Waals surface area contributed by atoms with Gasteiger partial charge in [0.25, 0.3) is 5.92 Å². The van der Waals surface area contributed by atoms with E-state index in [2.05, 4.69) is 16.7 Å². The number of rotatable bonds is 6. The van der Waals surface area contributed by atoms with Gasteiger partial charge in [0.2, 0.25) is 11.8 Å². The van der Waals surface area contributed by atoms with Gasteiger partial charge in [-0.25, -0.2) is 8.78 Å². The second kappa shape index (κ2) is 8.21. The van der Waals surface area contributed by atoms with Gasteiger partial charge in [0.1, 0.15) is 6.04 Å². The molecular formula is C23H33F2N5O2. The second-order valence-corrected chi connectivity index (χ2v) is 10.8. The summed E-state index contributed by atoms with van der Waals surface area (Å²) >= 11 is 0. The highest BCUT2D eigenvalue weighted by Crippen LogP contribution is 2.55. The summed E-state index contributed by atoms with van der Waals surface area (Å²) in [6.45, 7) is 0.754. The topological polar surface area (TPSA) is 88.5 Å². The average Bonchev–Trinajstić information content (AvgIpc) is 3.37. The molecule has 32 heavy (non-hydrogen) atoms. The molecule has 4 bridgehead atoms. The van der Waals surface area contributed by atoms with E-state index in [1.165, 1.54) is 4.90 Å². The third-order valence-corrected chi connectivity index (χ3v) is 8.62. The molecule has 0 spiro atoms. The van der Waals surface area contributed by atoms with Crippen molar-refractivity contribution in [2.24, 2.45) is 17.8 Å². The number of carbonyl (C=O) groups is 2. The first-order chi connectivity index (χ1) is 15.3. The van der Waals surface area contributed by atoms with Crippen molar-refractivity contribution in [1.82, 2.24) is 20.4 Å². The van der Waals surface area contributed by atoms with Crippen LogP contribution in [-0.4, -0.2) is 77.9 Å². The van der Waals surface area contributed by atoms with Crippen molar-refractivity contribution in [3.8, 4) is 6.07 Å². The molecular weight excluding hydrogens is 416 g/mol. The number of likely N-dealkylation sites (tertiary alicyclic amines) is 2. The molecule has 4 aliphatic carbocycles. The van der Waals surface area contributed by atoms with Crippen LogP contribution in [0.25, 0.3) is 0 Å². The zero-order chi connectivity index (χ0) is 22.5. The fourth-order valence-corrected chi connectivity index (χ4v) is 7.40. The lowest BCUT2D eigenvalue weighted by Gasteiger charge is -2.60. The Kier molecular flexibility index (Phi) is 5.65. The van der Waals surface area contributed by atoms with Crippen LogP contribution < -0.4 is 10.6 Å². The van der Waals surface area contributed by atoms with Crippen LogP contribution in [0, 0.1) is 29.1 Å². The molecule has 3 unspecified atom stereocenters. The maximum absolute atomic E-state index is 13.4. The Labute approximate surface area is 187 Å². The number of alkyl halides is 2. The van der Waals surface area contributed by atoms with Crippen LogP contribution in [0.3, 0.4) is 0 Å². The van der Waals surface area contributed by atoms with Gasteiger partial charge in [-0.3, -0.25) is 9.59 Å². The molecule has 2 amide bonds. The van der Waals surface area contributed by atoms with E-state index < -0.39 is 12.5 Å². The normalized spacial score (nSPS) is 39.5. The summed E-state index contributed by atoms with van der Waals surface area (Å²) in [6, 6.07) is 2.19. The van der Waals surface area contributed by atoms with Crippen LogP contribution in [0.2, 0.25) is 0 Å². The summed E-state index contributed by atoms with van der Waals surface area (Å²) in [5.74, 6) is -1.44. The monoisotopic (exact) mass is 449 g/mol. The van der Waals surface area contributed by atoms with Crippen LogP contribution in [-0.2, 0) is 9.59 Å². The molecule has 0 aromatic rings. The highest BCUT2D eigenvalue weighted by molar-refractivity contribution is 5.79. The summed E-state index contributed by atoms with van der Waals surface area (Å²) < 4.78 is 26.9. The number of amides is 2. The summed E-state index contributed by atoms with van der Waals surface area (Å²) in [7, 11) is 0. The Morgan fingerprint density at radius 2 is 1.81 bits per heavy atom. The van der Waals surface area contributed by atoms with Gasteiger partial charge in [-0.15, -0.1) is 0 Å². The van der Waals surface area contributed by atoms with Gasteiger partial charge in [0.05, 0.1) is 25.7 Å². The van der Waals surface area contributed by atoms with Crippen molar-refractivity contribution in [1.29, 1.82) is 5.26 Å². The smallest absolute Gasteiger partial charge is 0.267 e. The summed E-state index contributed by atoms with van der Waals surface area (Å²) in [4.78, 5) is 28.2. The summed E-state index contributed by atoms with van der Waals surface area (Å²) in [5, 5.41) is 16.3. The fourth-order valence-electron chi connectivity index (χ4n) is 7.40. The maximum Gasteiger partial charge on any atom is 0.267 e. The van der Waals surface area contributed by atoms with Gasteiger partial charge in [0, 0.05) is 31.1 Å². The number of nitrogens with zero attached hydrogens (tertiary/aromatic N) is 3. The second-order valence-electron chi connectivity index (χ2n) is 10.8. The molecule has 6 rings (SSSR count). The Bertz CT molecular complexity index is 799. The molecule has 3 atom stereocenters. The lowest BCUT2D eigenvalue weighted by Crippen LogP contribution is -2.66. The molecule has 6 aliphatic rings. The van der Waals surface area contributed by atoms with E-state index in [4.69, 9.17) is 0 Å². The number of halogens is 2. The summed E-state index contributed by atoms with van der Waals surface area (Å²) in [5.41, 5.74) is -0.0345. The van der Waals surface area contributed by atoms with E-state index in [1.54, 1.807) is 4.90 Å². The first kappa shape index (κ1) is 22.0. The molecule has 6 fully saturated rings. The molecule has 0 radical (unpaired) electrons. The van der Waals surface area contributed by atoms with Crippen molar-refractivity contribution in [2.75, 3.05) is 32.7 Å². The van der Waals surface area contributed by atoms with E-state index >= 15 is 0 Å². The third-order valence-electron chi connectivity index (χ3n) is 8.62. The molecule has 9 heteroatoms.